The standard InChI is InChI=1S/C16H16ClF3N2O4/c1-26-14(24)11-8-10(2-3-12(11)17)21-13(23)9-4-6-22(7-5-9)15(25)16(18,19)20/h2-3,8-9H,4-7H2,1H3,(H,21,23). The van der Waals surface area contributed by atoms with Crippen molar-refractivity contribution < 1.29 is 32.3 Å². The maximum absolute atomic E-state index is 12.4. The number of likely N-dealkylation sites (tertiary alicyclic amines) is 1. The summed E-state index contributed by atoms with van der Waals surface area (Å²) in [6.07, 6.45) is -4.68. The predicted molar refractivity (Wildman–Crippen MR) is 86.8 cm³/mol. The van der Waals surface area contributed by atoms with Crippen LogP contribution in [0.3, 0.4) is 0 Å². The van der Waals surface area contributed by atoms with Gasteiger partial charge in [-0.2, -0.15) is 13.2 Å². The van der Waals surface area contributed by atoms with Crippen molar-refractivity contribution in [2.75, 3.05) is 25.5 Å². The SMILES string of the molecule is COC(=O)c1cc(NC(=O)C2CCN(C(=O)C(F)(F)F)CC2)ccc1Cl. The summed E-state index contributed by atoms with van der Waals surface area (Å²) in [6, 6.07) is 4.28. The molecule has 0 saturated carbocycles. The van der Waals surface area contributed by atoms with Gasteiger partial charge in [0, 0.05) is 24.7 Å². The van der Waals surface area contributed by atoms with E-state index in [2.05, 4.69) is 10.1 Å². The van der Waals surface area contributed by atoms with Crippen LogP contribution in [0, 0.1) is 5.92 Å². The summed E-state index contributed by atoms with van der Waals surface area (Å²) in [5.41, 5.74) is 0.395. The first-order chi connectivity index (χ1) is 12.1. The number of carbonyl (C=O) groups is 3. The Kier molecular flexibility index (Phi) is 6.12. The lowest BCUT2D eigenvalue weighted by Gasteiger charge is -2.31. The zero-order chi connectivity index (χ0) is 19.5. The van der Waals surface area contributed by atoms with Crippen molar-refractivity contribution in [2.24, 2.45) is 5.92 Å². The van der Waals surface area contributed by atoms with Crippen LogP contribution in [0.15, 0.2) is 18.2 Å². The average molecular weight is 393 g/mol. The van der Waals surface area contributed by atoms with Gasteiger partial charge in [0.1, 0.15) is 0 Å². The molecule has 142 valence electrons. The van der Waals surface area contributed by atoms with Crippen molar-refractivity contribution in [3.63, 3.8) is 0 Å². The lowest BCUT2D eigenvalue weighted by Crippen LogP contribution is -2.46. The fraction of sp³-hybridized carbons (Fsp3) is 0.438. The lowest BCUT2D eigenvalue weighted by atomic mass is 9.95. The molecule has 26 heavy (non-hydrogen) atoms. The highest BCUT2D eigenvalue weighted by Crippen LogP contribution is 2.26. The number of rotatable bonds is 3. The molecule has 1 saturated heterocycles. The van der Waals surface area contributed by atoms with Crippen molar-refractivity contribution in [3.05, 3.63) is 28.8 Å². The van der Waals surface area contributed by atoms with Crippen molar-refractivity contribution >= 4 is 35.1 Å². The fourth-order valence-electron chi connectivity index (χ4n) is 2.64. The third kappa shape index (κ3) is 4.66. The molecule has 1 fully saturated rings. The van der Waals surface area contributed by atoms with Gasteiger partial charge >= 0.3 is 18.1 Å². The van der Waals surface area contributed by atoms with Gasteiger partial charge in [0.05, 0.1) is 17.7 Å². The normalized spacial score (nSPS) is 15.5. The zero-order valence-corrected chi connectivity index (χ0v) is 14.5. The molecule has 1 aliphatic rings. The molecule has 2 amide bonds. The first-order valence-electron chi connectivity index (χ1n) is 7.68. The maximum atomic E-state index is 12.4. The van der Waals surface area contributed by atoms with Gasteiger partial charge in [-0.3, -0.25) is 9.59 Å². The predicted octanol–water partition coefficient (Wildman–Crippen LogP) is 2.87. The van der Waals surface area contributed by atoms with E-state index >= 15 is 0 Å². The molecule has 1 aromatic carbocycles. The summed E-state index contributed by atoms with van der Waals surface area (Å²) < 4.78 is 41.9. The number of anilines is 1. The Morgan fingerprint density at radius 1 is 1.23 bits per heavy atom. The highest BCUT2D eigenvalue weighted by molar-refractivity contribution is 6.33. The topological polar surface area (TPSA) is 75.7 Å². The number of halogens is 4. The molecule has 0 aliphatic carbocycles. The molecule has 1 N–H and O–H groups in total. The highest BCUT2D eigenvalue weighted by atomic mass is 35.5. The minimum absolute atomic E-state index is 0.0811. The molecule has 0 atom stereocenters. The Bertz CT molecular complexity index is 716. The zero-order valence-electron chi connectivity index (χ0n) is 13.7. The minimum atomic E-state index is -4.91. The van der Waals surface area contributed by atoms with Gasteiger partial charge in [0.2, 0.25) is 5.91 Å². The Morgan fingerprint density at radius 3 is 2.38 bits per heavy atom. The Labute approximate surface area is 152 Å². The summed E-state index contributed by atoms with van der Waals surface area (Å²) in [5.74, 6) is -3.49. The number of methoxy groups -OCH3 is 1. The molecular formula is C16H16ClF3N2O4. The number of hydrogen-bond acceptors (Lipinski definition) is 4. The number of piperidine rings is 1. The van der Waals surface area contributed by atoms with Crippen LogP contribution in [0.25, 0.3) is 0 Å². The molecular weight excluding hydrogens is 377 g/mol. The number of esters is 1. The summed E-state index contributed by atoms with van der Waals surface area (Å²) in [7, 11) is 1.19. The van der Waals surface area contributed by atoms with Crippen LogP contribution in [0.5, 0.6) is 0 Å². The van der Waals surface area contributed by atoms with E-state index in [1.54, 1.807) is 0 Å². The molecule has 0 radical (unpaired) electrons. The van der Waals surface area contributed by atoms with Gasteiger partial charge in [-0.25, -0.2) is 4.79 Å². The number of carbonyl (C=O) groups excluding carboxylic acids is 3. The molecule has 0 bridgehead atoms. The van der Waals surface area contributed by atoms with Gasteiger partial charge in [-0.1, -0.05) is 11.6 Å². The average Bonchev–Trinajstić information content (AvgIpc) is 2.61. The molecule has 1 aromatic rings. The van der Waals surface area contributed by atoms with E-state index in [1.165, 1.54) is 25.3 Å². The summed E-state index contributed by atoms with van der Waals surface area (Å²) in [6.45, 7) is -0.297. The third-order valence-electron chi connectivity index (χ3n) is 4.03. The highest BCUT2D eigenvalue weighted by Gasteiger charge is 2.43. The van der Waals surface area contributed by atoms with E-state index in [1.807, 2.05) is 0 Å². The lowest BCUT2D eigenvalue weighted by molar-refractivity contribution is -0.186. The van der Waals surface area contributed by atoms with Gasteiger partial charge < -0.3 is 15.0 Å². The van der Waals surface area contributed by atoms with Gasteiger partial charge in [0.15, 0.2) is 0 Å². The van der Waals surface area contributed by atoms with Crippen LogP contribution in [0.1, 0.15) is 23.2 Å². The summed E-state index contributed by atoms with van der Waals surface area (Å²) in [4.78, 5) is 35.8. The number of ether oxygens (including phenoxy) is 1. The van der Waals surface area contributed by atoms with Crippen LogP contribution in [-0.2, 0) is 14.3 Å². The van der Waals surface area contributed by atoms with Crippen LogP contribution in [-0.4, -0.2) is 49.1 Å². The van der Waals surface area contributed by atoms with E-state index in [-0.39, 0.29) is 36.5 Å². The third-order valence-corrected chi connectivity index (χ3v) is 4.36. The largest absolute Gasteiger partial charge is 0.471 e. The second-order valence-corrected chi connectivity index (χ2v) is 6.15. The van der Waals surface area contributed by atoms with Crippen LogP contribution >= 0.6 is 11.6 Å². The number of nitrogens with one attached hydrogen (secondary N) is 1. The second kappa shape index (κ2) is 7.94. The molecule has 10 heteroatoms. The van der Waals surface area contributed by atoms with E-state index in [9.17, 15) is 27.6 Å². The molecule has 2 rings (SSSR count). The van der Waals surface area contributed by atoms with Crippen LogP contribution in [0.2, 0.25) is 5.02 Å². The molecule has 1 aliphatic heterocycles. The summed E-state index contributed by atoms with van der Waals surface area (Å²) >= 11 is 5.89. The Hall–Kier alpha value is -2.29. The number of benzene rings is 1. The van der Waals surface area contributed by atoms with Crippen LogP contribution in [0.4, 0.5) is 18.9 Å². The summed E-state index contributed by atoms with van der Waals surface area (Å²) in [5, 5.41) is 2.76. The second-order valence-electron chi connectivity index (χ2n) is 5.74. The van der Waals surface area contributed by atoms with Crippen LogP contribution < -0.4 is 5.32 Å². The maximum Gasteiger partial charge on any atom is 0.471 e. The fourth-order valence-corrected chi connectivity index (χ4v) is 2.83. The van der Waals surface area contributed by atoms with Crippen molar-refractivity contribution in [1.82, 2.24) is 4.90 Å². The monoisotopic (exact) mass is 392 g/mol. The van der Waals surface area contributed by atoms with Gasteiger partial charge in [-0.15, -0.1) is 0 Å². The van der Waals surface area contributed by atoms with Gasteiger partial charge in [-0.05, 0) is 31.0 Å². The number of alkyl halides is 3. The smallest absolute Gasteiger partial charge is 0.465 e. The van der Waals surface area contributed by atoms with Gasteiger partial charge in [0.25, 0.3) is 0 Å². The van der Waals surface area contributed by atoms with E-state index in [0.29, 0.717) is 10.6 Å². The first kappa shape index (κ1) is 20.0. The van der Waals surface area contributed by atoms with E-state index in [0.717, 1.165) is 0 Å². The quantitative estimate of drug-likeness (QED) is 0.802. The molecule has 0 unspecified atom stereocenters. The first-order valence-corrected chi connectivity index (χ1v) is 8.06. The van der Waals surface area contributed by atoms with Crippen molar-refractivity contribution in [2.45, 2.75) is 19.0 Å². The molecule has 6 nitrogen and oxygen atoms in total. The molecule has 0 aromatic heterocycles. The Morgan fingerprint density at radius 2 is 1.85 bits per heavy atom. The minimum Gasteiger partial charge on any atom is -0.465 e. The van der Waals surface area contributed by atoms with Crippen molar-refractivity contribution in [3.8, 4) is 0 Å². The molecule has 0 spiro atoms. The number of nitrogens with zero attached hydrogens (tertiary/aromatic N) is 1. The van der Waals surface area contributed by atoms with E-state index < -0.39 is 29.9 Å². The number of amides is 2. The van der Waals surface area contributed by atoms with Crippen molar-refractivity contribution in [1.29, 1.82) is 0 Å². The van der Waals surface area contributed by atoms with E-state index in [4.69, 9.17) is 11.6 Å². The molecule has 1 heterocycles. The Balaban J connectivity index is 1.98. The number of hydrogen-bond donors (Lipinski definition) is 1.